The van der Waals surface area contributed by atoms with Crippen LogP contribution < -0.4 is 15.4 Å². The smallest absolute Gasteiger partial charge is 0.213 e. The van der Waals surface area contributed by atoms with Gasteiger partial charge in [-0.15, -0.1) is 0 Å². The summed E-state index contributed by atoms with van der Waals surface area (Å²) < 4.78 is 10.7. The highest BCUT2D eigenvalue weighted by Crippen LogP contribution is 2.36. The second-order valence-corrected chi connectivity index (χ2v) is 7.71. The molecule has 0 saturated carbocycles. The Kier molecular flexibility index (Phi) is 7.65. The molecule has 1 aliphatic heterocycles. The summed E-state index contributed by atoms with van der Waals surface area (Å²) in [6.07, 6.45) is 4.38. The highest BCUT2D eigenvalue weighted by Gasteiger charge is 2.29. The Hall–Kier alpha value is -1.47. The predicted molar refractivity (Wildman–Crippen MR) is 99.9 cm³/mol. The van der Waals surface area contributed by atoms with E-state index in [-0.39, 0.29) is 0 Å². The van der Waals surface area contributed by atoms with Crippen molar-refractivity contribution < 1.29 is 9.47 Å². The molecule has 24 heavy (non-hydrogen) atoms. The van der Waals surface area contributed by atoms with Gasteiger partial charge in [-0.25, -0.2) is 4.98 Å². The van der Waals surface area contributed by atoms with Gasteiger partial charge in [-0.3, -0.25) is 4.99 Å². The molecule has 0 aromatic carbocycles. The third-order valence-corrected chi connectivity index (χ3v) is 5.49. The van der Waals surface area contributed by atoms with Crippen molar-refractivity contribution >= 4 is 17.7 Å². The predicted octanol–water partition coefficient (Wildman–Crippen LogP) is 2.06. The van der Waals surface area contributed by atoms with E-state index in [1.54, 1.807) is 14.2 Å². The molecule has 2 heterocycles. The number of thioether (sulfide) groups is 1. The summed E-state index contributed by atoms with van der Waals surface area (Å²) in [6.45, 7) is 4.99. The SMILES string of the molecule is CN=C(NCc1ccc(OCCOC)nc1)NCC1(C)CCCS1. The molecule has 1 unspecified atom stereocenters. The minimum Gasteiger partial charge on any atom is -0.475 e. The summed E-state index contributed by atoms with van der Waals surface area (Å²) in [6, 6.07) is 3.88. The van der Waals surface area contributed by atoms with E-state index in [1.165, 1.54) is 18.6 Å². The highest BCUT2D eigenvalue weighted by atomic mass is 32.2. The van der Waals surface area contributed by atoms with Crippen molar-refractivity contribution in [2.24, 2.45) is 4.99 Å². The van der Waals surface area contributed by atoms with Gasteiger partial charge in [0.25, 0.3) is 0 Å². The number of methoxy groups -OCH3 is 1. The van der Waals surface area contributed by atoms with Crippen molar-refractivity contribution in [2.45, 2.75) is 31.1 Å². The van der Waals surface area contributed by atoms with Gasteiger partial charge in [-0.05, 0) is 31.1 Å². The van der Waals surface area contributed by atoms with E-state index in [4.69, 9.17) is 9.47 Å². The van der Waals surface area contributed by atoms with Crippen LogP contribution in [0, 0.1) is 0 Å². The maximum absolute atomic E-state index is 5.46. The number of aromatic nitrogens is 1. The van der Waals surface area contributed by atoms with Crippen LogP contribution in [0.3, 0.4) is 0 Å². The lowest BCUT2D eigenvalue weighted by Crippen LogP contribution is -2.43. The molecule has 2 rings (SSSR count). The first-order valence-corrected chi connectivity index (χ1v) is 9.29. The molecule has 0 aliphatic carbocycles. The summed E-state index contributed by atoms with van der Waals surface area (Å²) in [4.78, 5) is 8.58. The second-order valence-electron chi connectivity index (χ2n) is 6.03. The molecule has 0 bridgehead atoms. The quantitative estimate of drug-likeness (QED) is 0.424. The summed E-state index contributed by atoms with van der Waals surface area (Å²) in [5.74, 6) is 2.70. The average Bonchev–Trinajstić information content (AvgIpc) is 3.03. The largest absolute Gasteiger partial charge is 0.475 e. The lowest BCUT2D eigenvalue weighted by molar-refractivity contribution is 0.143. The number of pyridine rings is 1. The van der Waals surface area contributed by atoms with Crippen molar-refractivity contribution in [1.82, 2.24) is 15.6 Å². The van der Waals surface area contributed by atoms with Gasteiger partial charge in [0.15, 0.2) is 5.96 Å². The first-order valence-electron chi connectivity index (χ1n) is 8.30. The zero-order valence-electron chi connectivity index (χ0n) is 14.8. The Morgan fingerprint density at radius 2 is 2.25 bits per heavy atom. The van der Waals surface area contributed by atoms with Crippen LogP contribution in [0.15, 0.2) is 23.3 Å². The summed E-state index contributed by atoms with van der Waals surface area (Å²) >= 11 is 2.04. The first kappa shape index (κ1) is 18.9. The Bertz CT molecular complexity index is 516. The van der Waals surface area contributed by atoms with Gasteiger partial charge < -0.3 is 20.1 Å². The van der Waals surface area contributed by atoms with Gasteiger partial charge >= 0.3 is 0 Å². The third-order valence-electron chi connectivity index (χ3n) is 3.95. The van der Waals surface area contributed by atoms with E-state index in [9.17, 15) is 0 Å². The highest BCUT2D eigenvalue weighted by molar-refractivity contribution is 8.00. The molecule has 6 nitrogen and oxygen atoms in total. The van der Waals surface area contributed by atoms with Gasteiger partial charge in [-0.2, -0.15) is 11.8 Å². The van der Waals surface area contributed by atoms with Crippen molar-refractivity contribution in [2.75, 3.05) is 39.7 Å². The molecule has 0 radical (unpaired) electrons. The number of nitrogens with one attached hydrogen (secondary N) is 2. The van der Waals surface area contributed by atoms with Crippen LogP contribution in [0.4, 0.5) is 0 Å². The third kappa shape index (κ3) is 6.20. The normalized spacial score (nSPS) is 20.9. The van der Waals surface area contributed by atoms with Crippen LogP contribution >= 0.6 is 11.8 Å². The van der Waals surface area contributed by atoms with E-state index in [0.717, 1.165) is 18.1 Å². The molecule has 134 valence electrons. The number of hydrogen-bond acceptors (Lipinski definition) is 5. The van der Waals surface area contributed by atoms with Crippen LogP contribution in [0.5, 0.6) is 5.88 Å². The van der Waals surface area contributed by atoms with Crippen molar-refractivity contribution in [3.8, 4) is 5.88 Å². The number of ether oxygens (including phenoxy) is 2. The number of aliphatic imine (C=N–C) groups is 1. The molecule has 1 aromatic heterocycles. The standard InChI is InChI=1S/C17H28N4O2S/c1-17(7-4-10-24-17)13-21-16(18-2)20-12-14-5-6-15(19-11-14)23-9-8-22-3/h5-6,11H,4,7-10,12-13H2,1-3H3,(H2,18,20,21). The molecule has 7 heteroatoms. The van der Waals surface area contributed by atoms with E-state index in [2.05, 4.69) is 27.5 Å². The van der Waals surface area contributed by atoms with Gasteiger partial charge in [0.05, 0.1) is 6.61 Å². The molecule has 0 amide bonds. The van der Waals surface area contributed by atoms with E-state index in [1.807, 2.05) is 30.1 Å². The fourth-order valence-corrected chi connectivity index (χ4v) is 3.73. The molecule has 1 saturated heterocycles. The van der Waals surface area contributed by atoms with Crippen LogP contribution in [-0.2, 0) is 11.3 Å². The van der Waals surface area contributed by atoms with Crippen LogP contribution in [0.25, 0.3) is 0 Å². The molecule has 2 N–H and O–H groups in total. The summed E-state index contributed by atoms with van der Waals surface area (Å²) in [5, 5.41) is 6.75. The van der Waals surface area contributed by atoms with Crippen molar-refractivity contribution in [1.29, 1.82) is 0 Å². The van der Waals surface area contributed by atoms with Crippen LogP contribution in [0.2, 0.25) is 0 Å². The van der Waals surface area contributed by atoms with Crippen LogP contribution in [-0.4, -0.2) is 55.4 Å². The second kappa shape index (κ2) is 9.74. The molecule has 1 aliphatic rings. The fraction of sp³-hybridized carbons (Fsp3) is 0.647. The summed E-state index contributed by atoms with van der Waals surface area (Å²) in [5.41, 5.74) is 1.08. The Labute approximate surface area is 148 Å². The fourth-order valence-electron chi connectivity index (χ4n) is 2.48. The number of guanidine groups is 1. The average molecular weight is 353 g/mol. The van der Waals surface area contributed by atoms with Crippen molar-refractivity contribution in [3.05, 3.63) is 23.9 Å². The van der Waals surface area contributed by atoms with Gasteiger partial charge in [0.1, 0.15) is 6.61 Å². The van der Waals surface area contributed by atoms with E-state index in [0.29, 0.717) is 30.4 Å². The minimum atomic E-state index is 0.320. The maximum atomic E-state index is 5.46. The molecule has 1 aromatic rings. The van der Waals surface area contributed by atoms with Gasteiger partial charge in [0, 0.05) is 44.3 Å². The zero-order chi connectivity index (χ0) is 17.3. The lowest BCUT2D eigenvalue weighted by atomic mass is 10.1. The van der Waals surface area contributed by atoms with Crippen molar-refractivity contribution in [3.63, 3.8) is 0 Å². The van der Waals surface area contributed by atoms with Gasteiger partial charge in [0.2, 0.25) is 5.88 Å². The van der Waals surface area contributed by atoms with Crippen LogP contribution in [0.1, 0.15) is 25.3 Å². The Morgan fingerprint density at radius 3 is 2.88 bits per heavy atom. The molecule has 1 fully saturated rings. The van der Waals surface area contributed by atoms with Gasteiger partial charge in [-0.1, -0.05) is 6.07 Å². The van der Waals surface area contributed by atoms with E-state index >= 15 is 0 Å². The molecule has 0 spiro atoms. The summed E-state index contributed by atoms with van der Waals surface area (Å²) in [7, 11) is 3.45. The number of hydrogen-bond donors (Lipinski definition) is 2. The monoisotopic (exact) mass is 352 g/mol. The molecule has 1 atom stereocenters. The topological polar surface area (TPSA) is 67.8 Å². The number of rotatable bonds is 8. The number of nitrogens with zero attached hydrogens (tertiary/aromatic N) is 2. The Morgan fingerprint density at radius 1 is 1.38 bits per heavy atom. The zero-order valence-corrected chi connectivity index (χ0v) is 15.6. The first-order chi connectivity index (χ1) is 11.6. The maximum Gasteiger partial charge on any atom is 0.213 e. The molecular formula is C17H28N4O2S. The van der Waals surface area contributed by atoms with E-state index < -0.39 is 0 Å². The minimum absolute atomic E-state index is 0.320. The Balaban J connectivity index is 1.74. The molecular weight excluding hydrogens is 324 g/mol. The lowest BCUT2D eigenvalue weighted by Gasteiger charge is -2.24.